The molecule has 1 aromatic heterocycles. The summed E-state index contributed by atoms with van der Waals surface area (Å²) >= 11 is 0.457. The number of carbonyl (C=O) groups is 1. The maximum absolute atomic E-state index is 14.8. The van der Waals surface area contributed by atoms with E-state index in [2.05, 4.69) is 0 Å². The Labute approximate surface area is 176 Å². The first-order valence-electron chi connectivity index (χ1n) is 8.87. The van der Waals surface area contributed by atoms with E-state index in [4.69, 9.17) is 0 Å². The molecule has 3 rings (SSSR count). The number of hydrogen-bond acceptors (Lipinski definition) is 3. The van der Waals surface area contributed by atoms with Gasteiger partial charge in [-0.2, -0.15) is 49.2 Å². The molecular formula is C17H11F11N2OS. The Hall–Kier alpha value is -2.11. The Balaban J connectivity index is 2.14. The first kappa shape index (κ1) is 24.5. The summed E-state index contributed by atoms with van der Waals surface area (Å²) in [6.45, 7) is 0. The molecule has 3 nitrogen and oxygen atoms in total. The molecule has 0 aromatic carbocycles. The summed E-state index contributed by atoms with van der Waals surface area (Å²) in [7, 11) is 0. The molecule has 15 heteroatoms. The second-order valence-electron chi connectivity index (χ2n) is 7.36. The second-order valence-corrected chi connectivity index (χ2v) is 8.47. The molecule has 32 heavy (non-hydrogen) atoms. The number of alkyl halides is 11. The number of aryl methyl sites for hydroxylation is 1. The number of nitrogens with one attached hydrogen (secondary N) is 1. The highest BCUT2D eigenvalue weighted by Crippen LogP contribution is 2.69. The van der Waals surface area contributed by atoms with Crippen molar-refractivity contribution in [2.45, 2.75) is 67.4 Å². The van der Waals surface area contributed by atoms with Crippen LogP contribution in [0, 0.1) is 11.3 Å². The van der Waals surface area contributed by atoms with E-state index in [0.717, 1.165) is 11.7 Å². The SMILES string of the molecule is N#Cc1c(NC(=O)C2(F)C(F)(F)C(F)(F)C(F)(F)C(F)(F)C2(F)F)sc2c1CCCCC2. The van der Waals surface area contributed by atoms with Gasteiger partial charge in [0.05, 0.1) is 5.56 Å². The van der Waals surface area contributed by atoms with Gasteiger partial charge in [-0.25, -0.2) is 4.39 Å². The second kappa shape index (κ2) is 6.94. The minimum Gasteiger partial charge on any atom is -0.313 e. The van der Waals surface area contributed by atoms with Crippen LogP contribution in [0.3, 0.4) is 0 Å². The summed E-state index contributed by atoms with van der Waals surface area (Å²) in [5, 5.41) is 9.51. The maximum atomic E-state index is 14.8. The third kappa shape index (κ3) is 2.61. The Morgan fingerprint density at radius 3 is 1.75 bits per heavy atom. The summed E-state index contributed by atoms with van der Waals surface area (Å²) in [6, 6.07) is 1.52. The molecule has 0 unspecified atom stereocenters. The topological polar surface area (TPSA) is 52.9 Å². The molecule has 0 spiro atoms. The minimum absolute atomic E-state index is 0.222. The molecule has 1 fully saturated rings. The Morgan fingerprint density at radius 1 is 0.781 bits per heavy atom. The third-order valence-electron chi connectivity index (χ3n) is 5.52. The largest absolute Gasteiger partial charge is 0.384 e. The highest BCUT2D eigenvalue weighted by Gasteiger charge is 3.02. The van der Waals surface area contributed by atoms with Gasteiger partial charge in [-0.3, -0.25) is 4.79 Å². The van der Waals surface area contributed by atoms with E-state index in [9.17, 15) is 58.4 Å². The quantitative estimate of drug-likeness (QED) is 0.417. The van der Waals surface area contributed by atoms with Gasteiger partial charge < -0.3 is 5.32 Å². The fraction of sp³-hybridized carbons (Fsp3) is 0.647. The van der Waals surface area contributed by atoms with Crippen LogP contribution in [0.25, 0.3) is 0 Å². The van der Waals surface area contributed by atoms with Gasteiger partial charge in [0.1, 0.15) is 11.1 Å². The molecule has 0 atom stereocenters. The molecule has 0 aliphatic heterocycles. The van der Waals surface area contributed by atoms with E-state index in [1.54, 1.807) is 0 Å². The maximum Gasteiger partial charge on any atom is 0.384 e. The van der Waals surface area contributed by atoms with Gasteiger partial charge in [-0.1, -0.05) is 6.42 Å². The summed E-state index contributed by atoms with van der Waals surface area (Å²) in [6.07, 6.45) is 2.34. The summed E-state index contributed by atoms with van der Waals surface area (Å²) in [5.74, 6) is -40.1. The highest BCUT2D eigenvalue weighted by atomic mass is 32.1. The fourth-order valence-electron chi connectivity index (χ4n) is 3.64. The van der Waals surface area contributed by atoms with Crippen molar-refractivity contribution < 1.29 is 53.1 Å². The summed E-state index contributed by atoms with van der Waals surface area (Å²) < 4.78 is 152. The van der Waals surface area contributed by atoms with E-state index in [0.29, 0.717) is 35.5 Å². The predicted molar refractivity (Wildman–Crippen MR) is 87.5 cm³/mol. The Kier molecular flexibility index (Phi) is 5.32. The summed E-state index contributed by atoms with van der Waals surface area (Å²) in [4.78, 5) is 12.5. The van der Waals surface area contributed by atoms with Crippen LogP contribution < -0.4 is 5.32 Å². The number of carbonyl (C=O) groups excluding carboxylic acids is 1. The zero-order chi connectivity index (χ0) is 24.5. The number of nitriles is 1. The molecule has 1 heterocycles. The number of halogens is 11. The van der Waals surface area contributed by atoms with Crippen LogP contribution >= 0.6 is 11.3 Å². The molecule has 0 bridgehead atoms. The standard InChI is InChI=1S/C17H11F11N2OS/c18-12(13(19,20)15(23,24)17(27,28)16(25,26)14(12,21)22)11(31)30-10-8(6-29)7-4-2-1-3-5-9(7)32-10/h1-5H2,(H,30,31). The van der Waals surface area contributed by atoms with Gasteiger partial charge in [-0.15, -0.1) is 11.3 Å². The minimum atomic E-state index is -7.40. The van der Waals surface area contributed by atoms with Crippen LogP contribution in [-0.2, 0) is 17.6 Å². The van der Waals surface area contributed by atoms with Crippen molar-refractivity contribution in [2.75, 3.05) is 5.32 Å². The van der Waals surface area contributed by atoms with Crippen LogP contribution in [0.15, 0.2) is 0 Å². The first-order valence-corrected chi connectivity index (χ1v) is 9.69. The van der Waals surface area contributed by atoms with Crippen LogP contribution in [-0.4, -0.2) is 41.2 Å². The molecule has 2 aliphatic carbocycles. The molecule has 1 N–H and O–H groups in total. The lowest BCUT2D eigenvalue weighted by Crippen LogP contribution is -2.86. The monoisotopic (exact) mass is 500 g/mol. The number of anilines is 1. The van der Waals surface area contributed by atoms with Gasteiger partial charge in [-0.05, 0) is 31.2 Å². The fourth-order valence-corrected chi connectivity index (χ4v) is 4.88. The van der Waals surface area contributed by atoms with E-state index in [-0.39, 0.29) is 12.0 Å². The number of amides is 1. The third-order valence-corrected chi connectivity index (χ3v) is 6.72. The predicted octanol–water partition coefficient (Wildman–Crippen LogP) is 5.73. The Morgan fingerprint density at radius 2 is 1.25 bits per heavy atom. The first-order chi connectivity index (χ1) is 14.4. The van der Waals surface area contributed by atoms with Crippen molar-refractivity contribution in [3.05, 3.63) is 16.0 Å². The van der Waals surface area contributed by atoms with Crippen molar-refractivity contribution in [3.8, 4) is 6.07 Å². The molecule has 1 aromatic rings. The molecule has 1 amide bonds. The van der Waals surface area contributed by atoms with Crippen molar-refractivity contribution >= 4 is 22.2 Å². The highest BCUT2D eigenvalue weighted by molar-refractivity contribution is 7.16. The lowest BCUT2D eigenvalue weighted by atomic mass is 9.71. The van der Waals surface area contributed by atoms with Gasteiger partial charge in [0.15, 0.2) is 0 Å². The molecule has 178 valence electrons. The lowest BCUT2D eigenvalue weighted by molar-refractivity contribution is -0.475. The van der Waals surface area contributed by atoms with Crippen molar-refractivity contribution in [2.24, 2.45) is 0 Å². The normalized spacial score (nSPS) is 26.3. The smallest absolute Gasteiger partial charge is 0.313 e. The molecule has 1 saturated carbocycles. The van der Waals surface area contributed by atoms with Crippen molar-refractivity contribution in [1.82, 2.24) is 0 Å². The number of fused-ring (bicyclic) bond motifs is 1. The van der Waals surface area contributed by atoms with E-state index in [1.807, 2.05) is 0 Å². The van der Waals surface area contributed by atoms with Crippen LogP contribution in [0.4, 0.5) is 53.3 Å². The number of hydrogen-bond donors (Lipinski definition) is 1. The number of nitrogens with zero attached hydrogens (tertiary/aromatic N) is 1. The van der Waals surface area contributed by atoms with Crippen LogP contribution in [0.2, 0.25) is 0 Å². The lowest BCUT2D eigenvalue weighted by Gasteiger charge is -2.51. The molecule has 2 aliphatic rings. The van der Waals surface area contributed by atoms with Gasteiger partial charge in [0.2, 0.25) is 0 Å². The molecular weight excluding hydrogens is 489 g/mol. The molecule has 0 radical (unpaired) electrons. The van der Waals surface area contributed by atoms with Crippen LogP contribution in [0.1, 0.15) is 35.3 Å². The molecule has 0 saturated heterocycles. The average Bonchev–Trinajstić information content (AvgIpc) is 2.84. The van der Waals surface area contributed by atoms with Crippen molar-refractivity contribution in [3.63, 3.8) is 0 Å². The zero-order valence-electron chi connectivity index (χ0n) is 15.5. The average molecular weight is 500 g/mol. The number of rotatable bonds is 2. The van der Waals surface area contributed by atoms with E-state index < -0.39 is 51.8 Å². The van der Waals surface area contributed by atoms with Crippen molar-refractivity contribution in [1.29, 1.82) is 5.26 Å². The zero-order valence-corrected chi connectivity index (χ0v) is 16.3. The van der Waals surface area contributed by atoms with Gasteiger partial charge >= 0.3 is 35.3 Å². The van der Waals surface area contributed by atoms with Crippen LogP contribution in [0.5, 0.6) is 0 Å². The van der Waals surface area contributed by atoms with E-state index >= 15 is 0 Å². The van der Waals surface area contributed by atoms with E-state index in [1.165, 1.54) is 6.07 Å². The Bertz CT molecular complexity index is 965. The van der Waals surface area contributed by atoms with Gasteiger partial charge in [0, 0.05) is 4.88 Å². The number of thiophene rings is 1. The summed E-state index contributed by atoms with van der Waals surface area (Å²) in [5.41, 5.74) is -7.00. The van der Waals surface area contributed by atoms with Gasteiger partial charge in [0.25, 0.3) is 5.91 Å².